The van der Waals surface area contributed by atoms with Gasteiger partial charge in [-0.2, -0.15) is 0 Å². The number of aryl methyl sites for hydroxylation is 2. The number of hydrogen-bond acceptors (Lipinski definition) is 3. The minimum absolute atomic E-state index is 0.108. The summed E-state index contributed by atoms with van der Waals surface area (Å²) in [5, 5.41) is 4.63. The van der Waals surface area contributed by atoms with Gasteiger partial charge in [0, 0.05) is 11.1 Å². The molecule has 0 radical (unpaired) electrons. The van der Waals surface area contributed by atoms with E-state index in [0.29, 0.717) is 0 Å². The number of para-hydroxylation sites is 1. The summed E-state index contributed by atoms with van der Waals surface area (Å²) in [4.78, 5) is 4.63. The van der Waals surface area contributed by atoms with E-state index >= 15 is 0 Å². The van der Waals surface area contributed by atoms with E-state index in [4.69, 9.17) is 4.42 Å². The van der Waals surface area contributed by atoms with E-state index in [9.17, 15) is 0 Å². The maximum atomic E-state index is 5.67. The van der Waals surface area contributed by atoms with Gasteiger partial charge in [-0.25, -0.2) is 0 Å². The summed E-state index contributed by atoms with van der Waals surface area (Å²) < 4.78 is 5.67. The number of rotatable bonds is 3. The number of anilines is 1. The SMILES string of the molecule is Cc1ccc2cccc(NC(C)c3ccc(C)o3)c2n1. The van der Waals surface area contributed by atoms with Crippen molar-refractivity contribution in [2.24, 2.45) is 0 Å². The Morgan fingerprint density at radius 2 is 1.90 bits per heavy atom. The predicted octanol–water partition coefficient (Wildman–Crippen LogP) is 4.62. The molecular formula is C17H18N2O. The Balaban J connectivity index is 1.96. The van der Waals surface area contributed by atoms with Gasteiger partial charge in [0.15, 0.2) is 0 Å². The first kappa shape index (κ1) is 12.7. The van der Waals surface area contributed by atoms with Crippen molar-refractivity contribution in [1.82, 2.24) is 4.98 Å². The van der Waals surface area contributed by atoms with E-state index < -0.39 is 0 Å². The van der Waals surface area contributed by atoms with Gasteiger partial charge in [-0.3, -0.25) is 4.98 Å². The molecule has 0 aliphatic heterocycles. The predicted molar refractivity (Wildman–Crippen MR) is 82.0 cm³/mol. The molecular weight excluding hydrogens is 248 g/mol. The molecule has 0 aliphatic carbocycles. The van der Waals surface area contributed by atoms with Crippen molar-refractivity contribution in [3.63, 3.8) is 0 Å². The van der Waals surface area contributed by atoms with Crippen LogP contribution in [-0.2, 0) is 0 Å². The second-order valence-electron chi connectivity index (χ2n) is 5.14. The fourth-order valence-electron chi connectivity index (χ4n) is 2.35. The number of pyridine rings is 1. The number of furan rings is 1. The Kier molecular flexibility index (Phi) is 3.18. The molecule has 3 heteroatoms. The minimum Gasteiger partial charge on any atom is -0.464 e. The summed E-state index contributed by atoms with van der Waals surface area (Å²) in [5.74, 6) is 1.87. The Morgan fingerprint density at radius 1 is 1.05 bits per heavy atom. The molecule has 2 heterocycles. The molecule has 3 rings (SSSR count). The molecule has 1 aromatic carbocycles. The van der Waals surface area contributed by atoms with Crippen molar-refractivity contribution in [3.8, 4) is 0 Å². The first-order valence-electron chi connectivity index (χ1n) is 6.83. The molecule has 0 bridgehead atoms. The molecule has 1 atom stereocenters. The third-order valence-electron chi connectivity index (χ3n) is 3.42. The maximum Gasteiger partial charge on any atom is 0.126 e. The fourth-order valence-corrected chi connectivity index (χ4v) is 2.35. The summed E-state index contributed by atoms with van der Waals surface area (Å²) >= 11 is 0. The van der Waals surface area contributed by atoms with Crippen LogP contribution < -0.4 is 5.32 Å². The quantitative estimate of drug-likeness (QED) is 0.751. The molecule has 20 heavy (non-hydrogen) atoms. The lowest BCUT2D eigenvalue weighted by atomic mass is 10.1. The number of nitrogens with one attached hydrogen (secondary N) is 1. The summed E-state index contributed by atoms with van der Waals surface area (Å²) in [7, 11) is 0. The van der Waals surface area contributed by atoms with Crippen LogP contribution in [0.5, 0.6) is 0 Å². The second kappa shape index (κ2) is 5.00. The van der Waals surface area contributed by atoms with Gasteiger partial charge in [0.25, 0.3) is 0 Å². The lowest BCUT2D eigenvalue weighted by molar-refractivity contribution is 0.467. The van der Waals surface area contributed by atoms with Crippen molar-refractivity contribution < 1.29 is 4.42 Å². The van der Waals surface area contributed by atoms with E-state index in [1.54, 1.807) is 0 Å². The smallest absolute Gasteiger partial charge is 0.126 e. The number of fused-ring (bicyclic) bond motifs is 1. The largest absolute Gasteiger partial charge is 0.464 e. The monoisotopic (exact) mass is 266 g/mol. The van der Waals surface area contributed by atoms with Gasteiger partial charge in [-0.05, 0) is 45.0 Å². The molecule has 3 nitrogen and oxygen atoms in total. The van der Waals surface area contributed by atoms with Crippen LogP contribution in [0.4, 0.5) is 5.69 Å². The van der Waals surface area contributed by atoms with E-state index in [1.807, 2.05) is 38.1 Å². The van der Waals surface area contributed by atoms with Crippen LogP contribution in [0.2, 0.25) is 0 Å². The van der Waals surface area contributed by atoms with E-state index in [0.717, 1.165) is 33.8 Å². The molecule has 1 N–H and O–H groups in total. The number of hydrogen-bond donors (Lipinski definition) is 1. The summed E-state index contributed by atoms with van der Waals surface area (Å²) in [6.45, 7) is 6.06. The van der Waals surface area contributed by atoms with Crippen LogP contribution in [0.15, 0.2) is 46.9 Å². The normalized spacial score (nSPS) is 12.6. The molecule has 0 saturated carbocycles. The third-order valence-corrected chi connectivity index (χ3v) is 3.42. The zero-order valence-electron chi connectivity index (χ0n) is 12.0. The highest BCUT2D eigenvalue weighted by Crippen LogP contribution is 2.26. The zero-order valence-corrected chi connectivity index (χ0v) is 12.0. The number of aromatic nitrogens is 1. The van der Waals surface area contributed by atoms with Crippen molar-refractivity contribution >= 4 is 16.6 Å². The Hall–Kier alpha value is -2.29. The molecule has 0 saturated heterocycles. The average molecular weight is 266 g/mol. The van der Waals surface area contributed by atoms with Crippen LogP contribution in [0.25, 0.3) is 10.9 Å². The summed E-state index contributed by atoms with van der Waals surface area (Å²) in [6.07, 6.45) is 0. The van der Waals surface area contributed by atoms with Crippen molar-refractivity contribution in [1.29, 1.82) is 0 Å². The Morgan fingerprint density at radius 3 is 2.65 bits per heavy atom. The van der Waals surface area contributed by atoms with Gasteiger partial charge < -0.3 is 9.73 Å². The van der Waals surface area contributed by atoms with Crippen LogP contribution in [-0.4, -0.2) is 4.98 Å². The number of benzene rings is 1. The summed E-state index contributed by atoms with van der Waals surface area (Å²) in [5.41, 5.74) is 3.06. The lowest BCUT2D eigenvalue weighted by Gasteiger charge is -2.14. The Labute approximate surface area is 118 Å². The van der Waals surface area contributed by atoms with Crippen LogP contribution in [0.1, 0.15) is 30.2 Å². The zero-order chi connectivity index (χ0) is 14.1. The summed E-state index contributed by atoms with van der Waals surface area (Å²) in [6, 6.07) is 14.4. The molecule has 102 valence electrons. The average Bonchev–Trinajstić information content (AvgIpc) is 2.86. The van der Waals surface area contributed by atoms with E-state index in [1.165, 1.54) is 0 Å². The first-order chi connectivity index (χ1) is 9.63. The molecule has 0 fully saturated rings. The van der Waals surface area contributed by atoms with Gasteiger partial charge in [0.2, 0.25) is 0 Å². The van der Waals surface area contributed by atoms with Gasteiger partial charge in [0.05, 0.1) is 17.2 Å². The minimum atomic E-state index is 0.108. The second-order valence-corrected chi connectivity index (χ2v) is 5.14. The van der Waals surface area contributed by atoms with Gasteiger partial charge >= 0.3 is 0 Å². The van der Waals surface area contributed by atoms with Crippen LogP contribution in [0, 0.1) is 13.8 Å². The van der Waals surface area contributed by atoms with E-state index in [-0.39, 0.29) is 6.04 Å². The van der Waals surface area contributed by atoms with E-state index in [2.05, 4.69) is 35.4 Å². The van der Waals surface area contributed by atoms with Crippen LogP contribution >= 0.6 is 0 Å². The van der Waals surface area contributed by atoms with Crippen LogP contribution in [0.3, 0.4) is 0 Å². The fraction of sp³-hybridized carbons (Fsp3) is 0.235. The molecule has 0 aliphatic rings. The highest BCUT2D eigenvalue weighted by atomic mass is 16.3. The molecule has 1 unspecified atom stereocenters. The number of nitrogens with zero attached hydrogens (tertiary/aromatic N) is 1. The van der Waals surface area contributed by atoms with Crippen molar-refractivity contribution in [2.45, 2.75) is 26.8 Å². The standard InChI is InChI=1S/C17H18N2O/c1-11-7-9-14-5-4-6-15(17(14)18-11)19-13(3)16-10-8-12(2)20-16/h4-10,13,19H,1-3H3. The topological polar surface area (TPSA) is 38.1 Å². The van der Waals surface area contributed by atoms with Gasteiger partial charge in [-0.1, -0.05) is 18.2 Å². The molecule has 0 amide bonds. The highest BCUT2D eigenvalue weighted by Gasteiger charge is 2.11. The molecule has 0 spiro atoms. The first-order valence-corrected chi connectivity index (χ1v) is 6.83. The molecule has 3 aromatic rings. The van der Waals surface area contributed by atoms with Crippen molar-refractivity contribution in [3.05, 3.63) is 59.7 Å². The van der Waals surface area contributed by atoms with Gasteiger partial charge in [0.1, 0.15) is 11.5 Å². The maximum absolute atomic E-state index is 5.67. The molecule has 2 aromatic heterocycles. The van der Waals surface area contributed by atoms with Crippen molar-refractivity contribution in [2.75, 3.05) is 5.32 Å². The third kappa shape index (κ3) is 2.39. The Bertz CT molecular complexity index is 746. The lowest BCUT2D eigenvalue weighted by Crippen LogP contribution is -2.06. The van der Waals surface area contributed by atoms with Gasteiger partial charge in [-0.15, -0.1) is 0 Å². The highest BCUT2D eigenvalue weighted by molar-refractivity contribution is 5.90.